The maximum Gasteiger partial charge on any atom is 0.250 e. The van der Waals surface area contributed by atoms with Gasteiger partial charge in [-0.25, -0.2) is 0 Å². The van der Waals surface area contributed by atoms with Gasteiger partial charge in [-0.1, -0.05) is 29.8 Å². The number of imide groups is 1. The molecule has 0 saturated carbocycles. The Morgan fingerprint density at radius 1 is 1.11 bits per heavy atom. The topological polar surface area (TPSA) is 140 Å². The van der Waals surface area contributed by atoms with Crippen molar-refractivity contribution < 1.29 is 28.7 Å². The fraction of sp³-hybridized carbons (Fsp3) is 0.385. The highest BCUT2D eigenvalue weighted by molar-refractivity contribution is 6.35. The summed E-state index contributed by atoms with van der Waals surface area (Å²) in [7, 11) is 3.08. The van der Waals surface area contributed by atoms with E-state index in [-0.39, 0.29) is 25.3 Å². The minimum atomic E-state index is -1.47. The molecule has 37 heavy (non-hydrogen) atoms. The third kappa shape index (κ3) is 3.82. The van der Waals surface area contributed by atoms with Gasteiger partial charge in [0.15, 0.2) is 11.5 Å². The van der Waals surface area contributed by atoms with E-state index in [9.17, 15) is 19.2 Å². The van der Waals surface area contributed by atoms with Crippen LogP contribution in [0.2, 0.25) is 5.02 Å². The number of halogens is 1. The molecule has 11 heteroatoms. The minimum Gasteiger partial charge on any atom is -0.493 e. The second-order valence-electron chi connectivity index (χ2n) is 9.45. The molecule has 4 atom stereocenters. The number of fused-ring (bicyclic) bond motifs is 4. The van der Waals surface area contributed by atoms with E-state index < -0.39 is 41.1 Å². The molecule has 2 unspecified atom stereocenters. The number of nitrogens with one attached hydrogen (secondary N) is 2. The van der Waals surface area contributed by atoms with Gasteiger partial charge >= 0.3 is 0 Å². The second kappa shape index (κ2) is 9.35. The summed E-state index contributed by atoms with van der Waals surface area (Å²) in [6.45, 7) is 0.128. The number of hydrogen-bond donors (Lipinski definition) is 3. The highest BCUT2D eigenvalue weighted by atomic mass is 35.5. The third-order valence-electron chi connectivity index (χ3n) is 7.56. The number of carbonyl (C=O) groups excluding carboxylic acids is 4. The van der Waals surface area contributed by atoms with Gasteiger partial charge < -0.3 is 20.5 Å². The molecular formula is C26H27ClN4O6. The first kappa shape index (κ1) is 25.0. The van der Waals surface area contributed by atoms with Crippen molar-refractivity contribution in [1.29, 1.82) is 0 Å². The molecule has 3 heterocycles. The zero-order valence-corrected chi connectivity index (χ0v) is 21.1. The van der Waals surface area contributed by atoms with Crippen LogP contribution in [-0.4, -0.2) is 55.3 Å². The molecule has 5 rings (SSSR count). The molecule has 194 valence electrons. The quantitative estimate of drug-likeness (QED) is 0.444. The first-order valence-corrected chi connectivity index (χ1v) is 12.3. The number of carbonyl (C=O) groups is 4. The molecule has 4 amide bonds. The van der Waals surface area contributed by atoms with E-state index in [0.29, 0.717) is 34.2 Å². The number of nitrogens with two attached hydrogens (primary N) is 1. The number of ether oxygens (including phenoxy) is 2. The zero-order chi connectivity index (χ0) is 26.5. The molecule has 0 aromatic heterocycles. The normalized spacial score (nSPS) is 25.9. The van der Waals surface area contributed by atoms with Gasteiger partial charge in [0.1, 0.15) is 5.54 Å². The van der Waals surface area contributed by atoms with Gasteiger partial charge in [0, 0.05) is 24.6 Å². The number of benzene rings is 2. The van der Waals surface area contributed by atoms with Crippen molar-refractivity contribution in [3.05, 3.63) is 52.5 Å². The summed E-state index contributed by atoms with van der Waals surface area (Å²) < 4.78 is 10.6. The van der Waals surface area contributed by atoms with Gasteiger partial charge in [-0.3, -0.25) is 29.4 Å². The van der Waals surface area contributed by atoms with E-state index in [2.05, 4.69) is 10.6 Å². The van der Waals surface area contributed by atoms with Crippen LogP contribution in [0.3, 0.4) is 0 Å². The lowest BCUT2D eigenvalue weighted by Gasteiger charge is -2.29. The number of likely N-dealkylation sites (tertiary alicyclic amines) is 1. The molecule has 2 aromatic carbocycles. The lowest BCUT2D eigenvalue weighted by Crippen LogP contribution is -2.53. The standard InChI is InChI=1S/C26H27ClN4O6/c1-36-17-8-6-13(12-18(17)37-2)10-11-31-23(33)20-16(7-9-19(28)32)30-26(21(20)24(31)34)14-4-3-5-15(27)22(14)29-25(26)35/h3-6,8,12,16,20-21,30H,7,9-11H2,1-2H3,(H2,28,32)(H,29,35)/t16?,20-,21+,26?/m1/s1. The summed E-state index contributed by atoms with van der Waals surface area (Å²) in [5.41, 5.74) is 5.69. The Balaban J connectivity index is 1.48. The highest BCUT2D eigenvalue weighted by Gasteiger charge is 2.70. The fourth-order valence-electron chi connectivity index (χ4n) is 5.90. The molecular weight excluding hydrogens is 500 g/mol. The monoisotopic (exact) mass is 526 g/mol. The van der Waals surface area contributed by atoms with E-state index in [1.165, 1.54) is 12.0 Å². The lowest BCUT2D eigenvalue weighted by atomic mass is 9.76. The Kier molecular flexibility index (Phi) is 6.33. The first-order chi connectivity index (χ1) is 17.7. The highest BCUT2D eigenvalue weighted by Crippen LogP contribution is 2.54. The molecule has 1 spiro atoms. The van der Waals surface area contributed by atoms with Crippen molar-refractivity contribution in [3.63, 3.8) is 0 Å². The second-order valence-corrected chi connectivity index (χ2v) is 9.86. The summed E-state index contributed by atoms with van der Waals surface area (Å²) in [6, 6.07) is 9.87. The van der Waals surface area contributed by atoms with Crippen molar-refractivity contribution in [3.8, 4) is 11.5 Å². The van der Waals surface area contributed by atoms with Crippen LogP contribution in [-0.2, 0) is 31.1 Å². The fourth-order valence-corrected chi connectivity index (χ4v) is 6.12. The van der Waals surface area contributed by atoms with Crippen molar-refractivity contribution in [2.24, 2.45) is 17.6 Å². The number of para-hydroxylation sites is 1. The molecule has 0 radical (unpaired) electrons. The van der Waals surface area contributed by atoms with Crippen LogP contribution in [0.5, 0.6) is 11.5 Å². The van der Waals surface area contributed by atoms with Crippen LogP contribution in [0.25, 0.3) is 0 Å². The van der Waals surface area contributed by atoms with Crippen molar-refractivity contribution in [1.82, 2.24) is 10.2 Å². The van der Waals surface area contributed by atoms with E-state index in [1.54, 1.807) is 37.4 Å². The lowest BCUT2D eigenvalue weighted by molar-refractivity contribution is -0.142. The molecule has 2 aromatic rings. The molecule has 4 N–H and O–H groups in total. The maximum atomic E-state index is 13.8. The summed E-state index contributed by atoms with van der Waals surface area (Å²) in [6.07, 6.45) is 0.607. The van der Waals surface area contributed by atoms with Crippen LogP contribution >= 0.6 is 11.6 Å². The predicted octanol–water partition coefficient (Wildman–Crippen LogP) is 1.59. The summed E-state index contributed by atoms with van der Waals surface area (Å²) >= 11 is 6.35. The van der Waals surface area contributed by atoms with E-state index in [0.717, 1.165) is 5.56 Å². The van der Waals surface area contributed by atoms with E-state index >= 15 is 0 Å². The Labute approximate surface area is 218 Å². The molecule has 2 saturated heterocycles. The average molecular weight is 527 g/mol. The number of primary amides is 1. The molecule has 2 fully saturated rings. The van der Waals surface area contributed by atoms with Gasteiger partial charge in [0.2, 0.25) is 23.6 Å². The molecule has 3 aliphatic rings. The Morgan fingerprint density at radius 3 is 2.57 bits per heavy atom. The smallest absolute Gasteiger partial charge is 0.250 e. The van der Waals surface area contributed by atoms with Crippen molar-refractivity contribution >= 4 is 40.9 Å². The molecule has 3 aliphatic heterocycles. The van der Waals surface area contributed by atoms with Crippen LogP contribution in [0.1, 0.15) is 24.0 Å². The summed E-state index contributed by atoms with van der Waals surface area (Å²) in [4.78, 5) is 53.8. The summed E-state index contributed by atoms with van der Waals surface area (Å²) in [5.74, 6) is -2.48. The van der Waals surface area contributed by atoms with Crippen molar-refractivity contribution in [2.75, 3.05) is 26.1 Å². The average Bonchev–Trinajstić information content (AvgIpc) is 3.46. The number of rotatable bonds is 8. The van der Waals surface area contributed by atoms with Gasteiger partial charge in [-0.2, -0.15) is 0 Å². The van der Waals surface area contributed by atoms with Crippen molar-refractivity contribution in [2.45, 2.75) is 30.8 Å². The van der Waals surface area contributed by atoms with Crippen LogP contribution in [0.15, 0.2) is 36.4 Å². The number of methoxy groups -OCH3 is 2. The molecule has 0 aliphatic carbocycles. The minimum absolute atomic E-state index is 0.00804. The number of nitrogens with zero attached hydrogens (tertiary/aromatic N) is 1. The van der Waals surface area contributed by atoms with Gasteiger partial charge in [-0.05, 0) is 36.6 Å². The molecule has 0 bridgehead atoms. The largest absolute Gasteiger partial charge is 0.493 e. The number of amides is 4. The zero-order valence-electron chi connectivity index (χ0n) is 20.4. The van der Waals surface area contributed by atoms with Gasteiger partial charge in [0.25, 0.3) is 0 Å². The van der Waals surface area contributed by atoms with Crippen LogP contribution < -0.4 is 25.8 Å². The Morgan fingerprint density at radius 2 is 1.86 bits per heavy atom. The molecule has 10 nitrogen and oxygen atoms in total. The maximum absolute atomic E-state index is 13.8. The van der Waals surface area contributed by atoms with E-state index in [4.69, 9.17) is 26.8 Å². The van der Waals surface area contributed by atoms with Gasteiger partial charge in [0.05, 0.1) is 36.8 Å². The first-order valence-electron chi connectivity index (χ1n) is 12.0. The number of anilines is 1. The third-order valence-corrected chi connectivity index (χ3v) is 7.88. The predicted molar refractivity (Wildman–Crippen MR) is 134 cm³/mol. The number of hydrogen-bond acceptors (Lipinski definition) is 7. The Bertz CT molecular complexity index is 1320. The van der Waals surface area contributed by atoms with Gasteiger partial charge in [-0.15, -0.1) is 0 Å². The SMILES string of the molecule is COc1ccc(CCN2C(=O)[C@@H]3C(CCC(N)=O)NC4(C(=O)Nc5c(Cl)cccc54)[C@@H]3C2=O)cc1OC. The van der Waals surface area contributed by atoms with Crippen LogP contribution in [0.4, 0.5) is 5.69 Å². The Hall–Kier alpha value is -3.63. The van der Waals surface area contributed by atoms with Crippen LogP contribution in [0, 0.1) is 11.8 Å². The summed E-state index contributed by atoms with van der Waals surface area (Å²) in [5, 5.41) is 6.39. The van der Waals surface area contributed by atoms with E-state index in [1.807, 2.05) is 6.07 Å².